The highest BCUT2D eigenvalue weighted by molar-refractivity contribution is 6.36. The van der Waals surface area contributed by atoms with Crippen LogP contribution in [0.4, 0.5) is 5.69 Å². The second-order valence-corrected chi connectivity index (χ2v) is 7.90. The number of carbonyl (C=O) groups excluding carboxylic acids is 4. The minimum absolute atomic E-state index is 0.0570. The zero-order chi connectivity index (χ0) is 23.5. The third-order valence-corrected chi connectivity index (χ3v) is 5.23. The molecule has 1 aliphatic heterocycles. The zero-order valence-electron chi connectivity index (χ0n) is 16.8. The van der Waals surface area contributed by atoms with Gasteiger partial charge in [0, 0.05) is 10.0 Å². The maximum absolute atomic E-state index is 13.2. The molecule has 1 aliphatic rings. The molecule has 0 unspecified atom stereocenters. The van der Waals surface area contributed by atoms with E-state index in [4.69, 9.17) is 32.7 Å². The van der Waals surface area contributed by atoms with Crippen molar-refractivity contribution < 1.29 is 28.7 Å². The number of anilines is 1. The molecule has 0 spiro atoms. The number of halogens is 2. The van der Waals surface area contributed by atoms with Crippen molar-refractivity contribution >= 4 is 52.6 Å². The van der Waals surface area contributed by atoms with Crippen LogP contribution >= 0.6 is 23.2 Å². The van der Waals surface area contributed by atoms with Gasteiger partial charge in [0.1, 0.15) is 0 Å². The molecule has 0 aliphatic carbocycles. The quantitative estimate of drug-likeness (QED) is 0.396. The van der Waals surface area contributed by atoms with Crippen molar-refractivity contribution in [2.75, 3.05) is 4.90 Å². The molecule has 2 amide bonds. The van der Waals surface area contributed by atoms with E-state index in [9.17, 15) is 19.2 Å². The Kier molecular flexibility index (Phi) is 6.44. The van der Waals surface area contributed by atoms with Crippen LogP contribution in [0, 0.1) is 0 Å². The summed E-state index contributed by atoms with van der Waals surface area (Å²) in [6, 6.07) is 20.0. The zero-order valence-corrected chi connectivity index (χ0v) is 18.3. The lowest BCUT2D eigenvalue weighted by molar-refractivity contribution is -0.130. The number of esters is 2. The summed E-state index contributed by atoms with van der Waals surface area (Å²) < 4.78 is 10.7. The van der Waals surface area contributed by atoms with Crippen LogP contribution in [0.15, 0.2) is 78.9 Å². The van der Waals surface area contributed by atoms with Crippen LogP contribution in [-0.2, 0) is 19.1 Å². The Morgan fingerprint density at radius 2 is 1.06 bits per heavy atom. The van der Waals surface area contributed by atoms with Gasteiger partial charge in [0.05, 0.1) is 16.8 Å². The van der Waals surface area contributed by atoms with E-state index in [1.54, 1.807) is 36.4 Å². The molecular weight excluding hydrogens is 469 g/mol. The van der Waals surface area contributed by atoms with Crippen molar-refractivity contribution in [3.05, 3.63) is 100 Å². The summed E-state index contributed by atoms with van der Waals surface area (Å²) in [5.74, 6) is -3.50. The monoisotopic (exact) mass is 483 g/mol. The first kappa shape index (κ1) is 22.5. The van der Waals surface area contributed by atoms with Crippen molar-refractivity contribution in [3.63, 3.8) is 0 Å². The summed E-state index contributed by atoms with van der Waals surface area (Å²) in [7, 11) is 0. The van der Waals surface area contributed by atoms with Crippen molar-refractivity contribution in [3.8, 4) is 0 Å². The van der Waals surface area contributed by atoms with Gasteiger partial charge >= 0.3 is 11.9 Å². The van der Waals surface area contributed by atoms with E-state index in [0.29, 0.717) is 0 Å². The Morgan fingerprint density at radius 3 is 1.45 bits per heavy atom. The Labute approximate surface area is 198 Å². The maximum atomic E-state index is 13.2. The Hall–Kier alpha value is -3.68. The van der Waals surface area contributed by atoms with Gasteiger partial charge in [-0.15, -0.1) is 0 Å². The van der Waals surface area contributed by atoms with Gasteiger partial charge in [0.2, 0.25) is 12.2 Å². The lowest BCUT2D eigenvalue weighted by Crippen LogP contribution is -2.37. The van der Waals surface area contributed by atoms with Gasteiger partial charge in [-0.1, -0.05) is 59.6 Å². The molecule has 1 heterocycles. The van der Waals surface area contributed by atoms with Crippen LogP contribution in [0.2, 0.25) is 10.0 Å². The summed E-state index contributed by atoms with van der Waals surface area (Å²) in [4.78, 5) is 52.3. The number of rotatable bonds is 5. The van der Waals surface area contributed by atoms with E-state index in [1.165, 1.54) is 42.5 Å². The molecule has 0 N–H and O–H groups in total. The van der Waals surface area contributed by atoms with Crippen LogP contribution in [0.1, 0.15) is 20.7 Å². The average molecular weight is 484 g/mol. The molecule has 1 fully saturated rings. The van der Waals surface area contributed by atoms with Crippen LogP contribution < -0.4 is 4.90 Å². The molecule has 9 heteroatoms. The summed E-state index contributed by atoms with van der Waals surface area (Å²) >= 11 is 12.0. The molecule has 4 rings (SSSR count). The normalized spacial score (nSPS) is 17.7. The number of imide groups is 1. The van der Waals surface area contributed by atoms with E-state index >= 15 is 0 Å². The van der Waals surface area contributed by atoms with Gasteiger partial charge in [-0.3, -0.25) is 9.59 Å². The van der Waals surface area contributed by atoms with Crippen molar-refractivity contribution in [1.82, 2.24) is 0 Å². The van der Waals surface area contributed by atoms with Gasteiger partial charge < -0.3 is 9.47 Å². The van der Waals surface area contributed by atoms with E-state index in [1.807, 2.05) is 0 Å². The molecule has 7 nitrogen and oxygen atoms in total. The average Bonchev–Trinajstić information content (AvgIpc) is 3.03. The van der Waals surface area contributed by atoms with Crippen molar-refractivity contribution in [2.24, 2.45) is 0 Å². The number of benzene rings is 3. The Bertz CT molecular complexity index is 1140. The fourth-order valence-electron chi connectivity index (χ4n) is 3.28. The highest BCUT2D eigenvalue weighted by Crippen LogP contribution is 2.32. The highest BCUT2D eigenvalue weighted by atomic mass is 35.5. The number of hydrogen-bond donors (Lipinski definition) is 0. The highest BCUT2D eigenvalue weighted by Gasteiger charge is 2.53. The third-order valence-electron chi connectivity index (χ3n) is 4.80. The molecule has 3 aromatic carbocycles. The first-order chi connectivity index (χ1) is 15.8. The molecule has 0 radical (unpaired) electrons. The summed E-state index contributed by atoms with van der Waals surface area (Å²) in [6.07, 6.45) is -3.40. The van der Waals surface area contributed by atoms with Crippen LogP contribution in [0.3, 0.4) is 0 Å². The summed E-state index contributed by atoms with van der Waals surface area (Å²) in [5.41, 5.74) is 0.381. The third kappa shape index (κ3) is 4.74. The van der Waals surface area contributed by atoms with Crippen molar-refractivity contribution in [2.45, 2.75) is 12.2 Å². The van der Waals surface area contributed by atoms with Crippen LogP contribution in [-0.4, -0.2) is 36.0 Å². The Balaban J connectivity index is 1.68. The molecule has 33 heavy (non-hydrogen) atoms. The second-order valence-electron chi connectivity index (χ2n) is 7.02. The van der Waals surface area contributed by atoms with Gasteiger partial charge in [0.15, 0.2) is 0 Å². The number of hydrogen-bond acceptors (Lipinski definition) is 6. The molecule has 0 aromatic heterocycles. The second kappa shape index (κ2) is 9.44. The van der Waals surface area contributed by atoms with Gasteiger partial charge in [-0.05, 0) is 42.5 Å². The number of nitrogens with zero attached hydrogens (tertiary/aromatic N) is 1. The van der Waals surface area contributed by atoms with E-state index in [-0.39, 0.29) is 26.9 Å². The number of ether oxygens (including phenoxy) is 2. The molecule has 0 bridgehead atoms. The van der Waals surface area contributed by atoms with Gasteiger partial charge in [-0.2, -0.15) is 0 Å². The smallest absolute Gasteiger partial charge is 0.339 e. The fraction of sp³-hybridized carbons (Fsp3) is 0.0833. The molecule has 2 atom stereocenters. The lowest BCUT2D eigenvalue weighted by Gasteiger charge is -2.16. The molecule has 1 saturated heterocycles. The minimum atomic E-state index is -1.70. The molecule has 3 aromatic rings. The first-order valence-corrected chi connectivity index (χ1v) is 10.5. The van der Waals surface area contributed by atoms with E-state index in [2.05, 4.69) is 0 Å². The fourth-order valence-corrected chi connectivity index (χ4v) is 3.80. The molecule has 166 valence electrons. The van der Waals surface area contributed by atoms with E-state index in [0.717, 1.165) is 4.90 Å². The maximum Gasteiger partial charge on any atom is 0.339 e. The first-order valence-electron chi connectivity index (χ1n) is 9.71. The largest absolute Gasteiger partial charge is 0.444 e. The van der Waals surface area contributed by atoms with Crippen LogP contribution in [0.5, 0.6) is 0 Å². The number of amides is 2. The number of carbonyl (C=O) groups is 4. The molecular formula is C24H15Cl2NO6. The van der Waals surface area contributed by atoms with Gasteiger partial charge in [0.25, 0.3) is 11.8 Å². The Morgan fingerprint density at radius 1 is 0.667 bits per heavy atom. The minimum Gasteiger partial charge on any atom is -0.444 e. The van der Waals surface area contributed by atoms with Crippen LogP contribution in [0.25, 0.3) is 0 Å². The van der Waals surface area contributed by atoms with E-state index < -0.39 is 36.0 Å². The predicted octanol–water partition coefficient (Wildman–Crippen LogP) is 4.32. The standard InChI is InChI=1S/C24H15Cl2NO6/c25-16-11-17(26)13-18(12-16)27-21(28)19(32-23(30)14-7-3-1-4-8-14)20(22(27)29)33-24(31)15-9-5-2-6-10-15/h1-13,19-20H/t19-,20+. The lowest BCUT2D eigenvalue weighted by atomic mass is 10.2. The SMILES string of the molecule is O=C(O[C@@H]1C(=O)N(c2cc(Cl)cc(Cl)c2)C(=O)[C@@H]1OC(=O)c1ccccc1)c1ccccc1. The predicted molar refractivity (Wildman–Crippen MR) is 120 cm³/mol. The van der Waals surface area contributed by atoms with Gasteiger partial charge in [-0.25, -0.2) is 14.5 Å². The van der Waals surface area contributed by atoms with Crippen molar-refractivity contribution in [1.29, 1.82) is 0 Å². The topological polar surface area (TPSA) is 90.0 Å². The molecule has 0 saturated carbocycles. The summed E-state index contributed by atoms with van der Waals surface area (Å²) in [5, 5.41) is 0.362. The summed E-state index contributed by atoms with van der Waals surface area (Å²) in [6.45, 7) is 0.